The Balaban J connectivity index is 1.83. The standard InChI is InChI=1S/C31H29Cl2N3O4/c1-5-27(38)34-14-19(15-34)16-35-24-13-23(33)21(28-22(32)10-7-11-26(28)37)12-25(24)36(31(40)30(35)39)29-18(4)8-6-9-20(29)17(2)3/h5-13,17,19,37H,1,14-16H2,2-4H3. The number of carbonyl (C=O) groups is 1. The molecule has 9 heteroatoms. The van der Waals surface area contributed by atoms with E-state index in [9.17, 15) is 19.5 Å². The molecule has 0 unspecified atom stereocenters. The first-order valence-corrected chi connectivity index (χ1v) is 13.8. The first-order valence-electron chi connectivity index (χ1n) is 13.0. The SMILES string of the molecule is C=CC(=O)N1CC(Cn2c(=O)c(=O)n(-c3c(C)cccc3C(C)C)c3cc(-c4c(O)cccc4Cl)c(Cl)cc32)C1. The average Bonchev–Trinajstić information content (AvgIpc) is 2.88. The molecule has 1 fully saturated rings. The van der Waals surface area contributed by atoms with Crippen LogP contribution < -0.4 is 11.1 Å². The fourth-order valence-electron chi connectivity index (χ4n) is 5.46. The first kappa shape index (κ1) is 27.7. The predicted octanol–water partition coefficient (Wildman–Crippen LogP) is 5.91. The van der Waals surface area contributed by atoms with Gasteiger partial charge in [0, 0.05) is 36.7 Å². The minimum atomic E-state index is -0.696. The number of hydrogen-bond donors (Lipinski definition) is 1. The molecule has 0 saturated carbocycles. The van der Waals surface area contributed by atoms with E-state index in [1.54, 1.807) is 29.2 Å². The van der Waals surface area contributed by atoms with Gasteiger partial charge in [0.1, 0.15) is 5.75 Å². The monoisotopic (exact) mass is 577 g/mol. The summed E-state index contributed by atoms with van der Waals surface area (Å²) in [5.74, 6) is -0.175. The number of para-hydroxylation sites is 1. The maximum Gasteiger partial charge on any atom is 0.321 e. The molecule has 1 aliphatic heterocycles. The molecule has 3 aromatic carbocycles. The van der Waals surface area contributed by atoms with E-state index in [1.807, 2.05) is 39.0 Å². The van der Waals surface area contributed by atoms with Crippen LogP contribution in [0.2, 0.25) is 10.0 Å². The fourth-order valence-corrected chi connectivity index (χ4v) is 5.98. The number of halogens is 2. The number of rotatable bonds is 6. The third-order valence-electron chi connectivity index (χ3n) is 7.49. The van der Waals surface area contributed by atoms with Gasteiger partial charge in [-0.05, 0) is 54.3 Å². The average molecular weight is 578 g/mol. The molecule has 1 N–H and O–H groups in total. The number of fused-ring (bicyclic) bond motifs is 1. The summed E-state index contributed by atoms with van der Waals surface area (Å²) in [6.07, 6.45) is 1.26. The molecule has 1 amide bonds. The number of aromatic hydroxyl groups is 1. The lowest BCUT2D eigenvalue weighted by Crippen LogP contribution is -2.52. The molecule has 0 bridgehead atoms. The zero-order valence-electron chi connectivity index (χ0n) is 22.4. The van der Waals surface area contributed by atoms with Gasteiger partial charge in [0.25, 0.3) is 0 Å². The molecule has 0 radical (unpaired) electrons. The van der Waals surface area contributed by atoms with Crippen LogP contribution in [0.25, 0.3) is 27.8 Å². The molecule has 0 aliphatic carbocycles. The van der Waals surface area contributed by atoms with Gasteiger partial charge in [-0.2, -0.15) is 0 Å². The molecular formula is C31H29Cl2N3O4. The number of nitrogens with zero attached hydrogens (tertiary/aromatic N) is 3. The van der Waals surface area contributed by atoms with Crippen molar-refractivity contribution in [3.05, 3.63) is 103 Å². The lowest BCUT2D eigenvalue weighted by Gasteiger charge is -2.39. The Morgan fingerprint density at radius 1 is 1.05 bits per heavy atom. The zero-order valence-corrected chi connectivity index (χ0v) is 24.0. The van der Waals surface area contributed by atoms with Crippen LogP contribution in [-0.4, -0.2) is 38.1 Å². The third kappa shape index (κ3) is 4.63. The third-order valence-corrected chi connectivity index (χ3v) is 8.11. The minimum Gasteiger partial charge on any atom is -0.507 e. The van der Waals surface area contributed by atoms with E-state index in [2.05, 4.69) is 6.58 Å². The van der Waals surface area contributed by atoms with Crippen molar-refractivity contribution in [1.82, 2.24) is 14.0 Å². The zero-order chi connectivity index (χ0) is 28.9. The van der Waals surface area contributed by atoms with Gasteiger partial charge in [0.2, 0.25) is 5.91 Å². The van der Waals surface area contributed by atoms with Crippen LogP contribution in [0.1, 0.15) is 30.9 Å². The van der Waals surface area contributed by atoms with Gasteiger partial charge >= 0.3 is 11.1 Å². The summed E-state index contributed by atoms with van der Waals surface area (Å²) in [6.45, 7) is 10.6. The van der Waals surface area contributed by atoms with E-state index in [0.29, 0.717) is 46.0 Å². The summed E-state index contributed by atoms with van der Waals surface area (Å²) in [7, 11) is 0. The Labute approximate surface area is 241 Å². The molecule has 5 rings (SSSR count). The molecule has 1 saturated heterocycles. The minimum absolute atomic E-state index is 0.0178. The van der Waals surface area contributed by atoms with Crippen molar-refractivity contribution in [1.29, 1.82) is 0 Å². The highest BCUT2D eigenvalue weighted by molar-refractivity contribution is 6.37. The molecule has 4 aromatic rings. The summed E-state index contributed by atoms with van der Waals surface area (Å²) >= 11 is 13.3. The van der Waals surface area contributed by atoms with Crippen LogP contribution in [-0.2, 0) is 11.3 Å². The van der Waals surface area contributed by atoms with Gasteiger partial charge in [-0.25, -0.2) is 0 Å². The number of aromatic nitrogens is 2. The molecule has 206 valence electrons. The van der Waals surface area contributed by atoms with Crippen molar-refractivity contribution >= 4 is 40.1 Å². The number of likely N-dealkylation sites (tertiary alicyclic amines) is 1. The Kier molecular flexibility index (Phi) is 7.38. The normalized spacial score (nSPS) is 13.6. The van der Waals surface area contributed by atoms with E-state index in [1.165, 1.54) is 21.3 Å². The molecule has 0 atom stereocenters. The van der Waals surface area contributed by atoms with Crippen LogP contribution in [0.15, 0.2) is 70.8 Å². The number of benzene rings is 3. The Hall–Kier alpha value is -3.81. The smallest absolute Gasteiger partial charge is 0.321 e. The van der Waals surface area contributed by atoms with Gasteiger partial charge < -0.3 is 14.6 Å². The molecule has 1 aliphatic rings. The van der Waals surface area contributed by atoms with E-state index >= 15 is 0 Å². The maximum absolute atomic E-state index is 13.9. The summed E-state index contributed by atoms with van der Waals surface area (Å²) < 4.78 is 2.91. The van der Waals surface area contributed by atoms with E-state index < -0.39 is 11.1 Å². The number of phenols is 1. The molecule has 0 spiro atoms. The van der Waals surface area contributed by atoms with Gasteiger partial charge in [0.05, 0.1) is 26.8 Å². The highest BCUT2D eigenvalue weighted by Gasteiger charge is 2.31. The molecular weight excluding hydrogens is 549 g/mol. The topological polar surface area (TPSA) is 84.5 Å². The first-order chi connectivity index (χ1) is 19.0. The van der Waals surface area contributed by atoms with Gasteiger partial charge in [-0.15, -0.1) is 0 Å². The van der Waals surface area contributed by atoms with Crippen LogP contribution >= 0.6 is 23.2 Å². The summed E-state index contributed by atoms with van der Waals surface area (Å²) in [6, 6.07) is 13.9. The van der Waals surface area contributed by atoms with E-state index in [0.717, 1.165) is 11.1 Å². The van der Waals surface area contributed by atoms with Crippen LogP contribution in [0.4, 0.5) is 0 Å². The van der Waals surface area contributed by atoms with Crippen LogP contribution in [0, 0.1) is 12.8 Å². The van der Waals surface area contributed by atoms with Gasteiger partial charge in [-0.3, -0.25) is 19.0 Å². The number of carbonyl (C=O) groups excluding carboxylic acids is 1. The second-order valence-corrected chi connectivity index (χ2v) is 11.3. The quantitative estimate of drug-likeness (QED) is 0.228. The number of hydrogen-bond acceptors (Lipinski definition) is 4. The highest BCUT2D eigenvalue weighted by atomic mass is 35.5. The number of aryl methyl sites for hydroxylation is 1. The molecule has 7 nitrogen and oxygen atoms in total. The summed E-state index contributed by atoms with van der Waals surface area (Å²) in [4.78, 5) is 41.3. The predicted molar refractivity (Wildman–Crippen MR) is 160 cm³/mol. The van der Waals surface area contributed by atoms with Crippen molar-refractivity contribution in [2.24, 2.45) is 5.92 Å². The van der Waals surface area contributed by atoms with Crippen molar-refractivity contribution in [3.8, 4) is 22.6 Å². The summed E-state index contributed by atoms with van der Waals surface area (Å²) in [5, 5.41) is 11.2. The Morgan fingerprint density at radius 2 is 1.75 bits per heavy atom. The van der Waals surface area contributed by atoms with E-state index in [4.69, 9.17) is 23.2 Å². The van der Waals surface area contributed by atoms with Crippen molar-refractivity contribution in [2.75, 3.05) is 13.1 Å². The summed E-state index contributed by atoms with van der Waals surface area (Å²) in [5.41, 5.74) is 2.70. The fraction of sp³-hybridized carbons (Fsp3) is 0.258. The Morgan fingerprint density at radius 3 is 2.40 bits per heavy atom. The van der Waals surface area contributed by atoms with Crippen molar-refractivity contribution < 1.29 is 9.90 Å². The van der Waals surface area contributed by atoms with E-state index in [-0.39, 0.29) is 35.1 Å². The lowest BCUT2D eigenvalue weighted by molar-refractivity contribution is -0.132. The lowest BCUT2D eigenvalue weighted by atomic mass is 9.97. The van der Waals surface area contributed by atoms with Crippen molar-refractivity contribution in [3.63, 3.8) is 0 Å². The van der Waals surface area contributed by atoms with Gasteiger partial charge in [0.15, 0.2) is 0 Å². The van der Waals surface area contributed by atoms with Crippen molar-refractivity contribution in [2.45, 2.75) is 33.2 Å². The van der Waals surface area contributed by atoms with Crippen LogP contribution in [0.3, 0.4) is 0 Å². The molecule has 1 aromatic heterocycles. The second-order valence-electron chi connectivity index (χ2n) is 10.5. The number of phenolic OH excluding ortho intramolecular Hbond substituents is 1. The molecule has 40 heavy (non-hydrogen) atoms. The van der Waals surface area contributed by atoms with Gasteiger partial charge in [-0.1, -0.05) is 67.9 Å². The van der Waals surface area contributed by atoms with Crippen LogP contribution in [0.5, 0.6) is 5.75 Å². The maximum atomic E-state index is 13.9. The second kappa shape index (κ2) is 10.6. The Bertz CT molecular complexity index is 1780. The molecule has 2 heterocycles. The largest absolute Gasteiger partial charge is 0.507 e. The number of amides is 1. The highest BCUT2D eigenvalue weighted by Crippen LogP contribution is 2.41.